The quantitative estimate of drug-likeness (QED) is 0.765. The van der Waals surface area contributed by atoms with Gasteiger partial charge in [-0.25, -0.2) is 4.79 Å². The van der Waals surface area contributed by atoms with Gasteiger partial charge in [-0.2, -0.15) is 0 Å². The molecule has 0 bridgehead atoms. The van der Waals surface area contributed by atoms with Crippen molar-refractivity contribution in [1.82, 2.24) is 4.57 Å². The van der Waals surface area contributed by atoms with Crippen LogP contribution in [0.3, 0.4) is 0 Å². The fraction of sp³-hybridized carbons (Fsp3) is 0.118. The summed E-state index contributed by atoms with van der Waals surface area (Å²) >= 11 is 3.53. The fourth-order valence-electron chi connectivity index (χ4n) is 2.56. The van der Waals surface area contributed by atoms with Gasteiger partial charge >= 0.3 is 5.97 Å². The molecule has 0 saturated carbocycles. The predicted molar refractivity (Wildman–Crippen MR) is 86.7 cm³/mol. The molecule has 1 aromatic heterocycles. The number of para-hydroxylation sites is 1. The van der Waals surface area contributed by atoms with Crippen LogP contribution in [0.25, 0.3) is 10.9 Å². The summed E-state index contributed by atoms with van der Waals surface area (Å²) in [5, 5.41) is 10.3. The number of aromatic carboxylic acids is 1. The van der Waals surface area contributed by atoms with Crippen LogP contribution in [0.4, 0.5) is 0 Å². The predicted octanol–water partition coefficient (Wildman–Crippen LogP) is 4.34. The van der Waals surface area contributed by atoms with E-state index in [1.165, 1.54) is 5.56 Å². The molecule has 4 heteroatoms. The van der Waals surface area contributed by atoms with Crippen molar-refractivity contribution >= 4 is 32.8 Å². The monoisotopic (exact) mass is 343 g/mol. The van der Waals surface area contributed by atoms with Crippen molar-refractivity contribution in [3.05, 3.63) is 70.3 Å². The molecule has 0 aliphatic heterocycles. The van der Waals surface area contributed by atoms with Gasteiger partial charge in [0.05, 0.1) is 0 Å². The first-order valence-electron chi connectivity index (χ1n) is 6.72. The number of hydrogen-bond donors (Lipinski definition) is 1. The lowest BCUT2D eigenvalue weighted by atomic mass is 10.1. The summed E-state index contributed by atoms with van der Waals surface area (Å²) in [6, 6.07) is 17.5. The van der Waals surface area contributed by atoms with Crippen molar-refractivity contribution in [2.45, 2.75) is 13.0 Å². The van der Waals surface area contributed by atoms with Gasteiger partial charge in [-0.1, -0.05) is 52.3 Å². The summed E-state index contributed by atoms with van der Waals surface area (Å²) in [6.45, 7) is 0.637. The van der Waals surface area contributed by atoms with E-state index in [0.717, 1.165) is 21.8 Å². The standard InChI is InChI=1S/C17H14BrNO2/c18-14-7-3-1-5-12(14)9-10-19-15-8-4-2-6-13(15)11-16(19)17(20)21/h1-8,11H,9-10H2,(H,20,21). The van der Waals surface area contributed by atoms with E-state index in [9.17, 15) is 9.90 Å². The average Bonchev–Trinajstić information content (AvgIpc) is 2.85. The zero-order valence-electron chi connectivity index (χ0n) is 11.3. The maximum atomic E-state index is 11.4. The van der Waals surface area contributed by atoms with E-state index in [1.54, 1.807) is 6.07 Å². The Balaban J connectivity index is 1.98. The highest BCUT2D eigenvalue weighted by Gasteiger charge is 2.14. The summed E-state index contributed by atoms with van der Waals surface area (Å²) in [6.07, 6.45) is 0.778. The zero-order chi connectivity index (χ0) is 14.8. The van der Waals surface area contributed by atoms with E-state index >= 15 is 0 Å². The Labute approximate surface area is 131 Å². The molecule has 3 rings (SSSR count). The number of aryl methyl sites for hydroxylation is 2. The lowest BCUT2D eigenvalue weighted by Crippen LogP contribution is -2.10. The van der Waals surface area contributed by atoms with Crippen LogP contribution in [0.2, 0.25) is 0 Å². The Hall–Kier alpha value is -2.07. The van der Waals surface area contributed by atoms with Crippen LogP contribution >= 0.6 is 15.9 Å². The molecule has 21 heavy (non-hydrogen) atoms. The van der Waals surface area contributed by atoms with E-state index < -0.39 is 5.97 Å². The van der Waals surface area contributed by atoms with Gasteiger partial charge in [0, 0.05) is 21.9 Å². The molecular formula is C17H14BrNO2. The van der Waals surface area contributed by atoms with Gasteiger partial charge < -0.3 is 9.67 Å². The molecule has 3 aromatic rings. The van der Waals surface area contributed by atoms with Crippen molar-refractivity contribution < 1.29 is 9.90 Å². The third-order valence-electron chi connectivity index (χ3n) is 3.59. The molecule has 0 aliphatic carbocycles. The number of carboxylic acid groups (broad SMARTS) is 1. The summed E-state index contributed by atoms with van der Waals surface area (Å²) in [7, 11) is 0. The number of carboxylic acids is 1. The summed E-state index contributed by atoms with van der Waals surface area (Å²) in [4.78, 5) is 11.4. The molecule has 3 nitrogen and oxygen atoms in total. The van der Waals surface area contributed by atoms with Crippen LogP contribution in [0.1, 0.15) is 16.1 Å². The van der Waals surface area contributed by atoms with E-state index in [0.29, 0.717) is 12.2 Å². The lowest BCUT2D eigenvalue weighted by Gasteiger charge is -2.09. The van der Waals surface area contributed by atoms with Crippen LogP contribution < -0.4 is 0 Å². The van der Waals surface area contributed by atoms with Crippen molar-refractivity contribution in [2.75, 3.05) is 0 Å². The minimum Gasteiger partial charge on any atom is -0.477 e. The van der Waals surface area contributed by atoms with Crippen LogP contribution in [-0.4, -0.2) is 15.6 Å². The zero-order valence-corrected chi connectivity index (χ0v) is 12.9. The average molecular weight is 344 g/mol. The van der Waals surface area contributed by atoms with Gasteiger partial charge in [-0.15, -0.1) is 0 Å². The Morgan fingerprint density at radius 1 is 1.10 bits per heavy atom. The highest BCUT2D eigenvalue weighted by molar-refractivity contribution is 9.10. The molecule has 0 unspecified atom stereocenters. The van der Waals surface area contributed by atoms with E-state index in [-0.39, 0.29) is 0 Å². The maximum absolute atomic E-state index is 11.4. The highest BCUT2D eigenvalue weighted by Crippen LogP contribution is 2.22. The van der Waals surface area contributed by atoms with Crippen LogP contribution in [0.5, 0.6) is 0 Å². The molecular weight excluding hydrogens is 330 g/mol. The molecule has 0 aliphatic rings. The van der Waals surface area contributed by atoms with Gasteiger partial charge in [0.1, 0.15) is 5.69 Å². The topological polar surface area (TPSA) is 42.2 Å². The molecule has 0 amide bonds. The second kappa shape index (κ2) is 5.74. The van der Waals surface area contributed by atoms with Crippen molar-refractivity contribution in [3.8, 4) is 0 Å². The number of nitrogens with zero attached hydrogens (tertiary/aromatic N) is 1. The molecule has 0 radical (unpaired) electrons. The van der Waals surface area contributed by atoms with Gasteiger partial charge in [-0.05, 0) is 30.2 Å². The molecule has 0 spiro atoms. The van der Waals surface area contributed by atoms with E-state index in [1.807, 2.05) is 47.0 Å². The molecule has 0 atom stereocenters. The van der Waals surface area contributed by atoms with Crippen LogP contribution in [-0.2, 0) is 13.0 Å². The Kier molecular flexibility index (Phi) is 3.80. The number of rotatable bonds is 4. The normalized spacial score (nSPS) is 10.9. The van der Waals surface area contributed by atoms with Gasteiger partial charge in [0.25, 0.3) is 0 Å². The molecule has 0 fully saturated rings. The van der Waals surface area contributed by atoms with Crippen molar-refractivity contribution in [1.29, 1.82) is 0 Å². The third-order valence-corrected chi connectivity index (χ3v) is 4.37. The molecule has 1 heterocycles. The Bertz CT molecular complexity index is 807. The summed E-state index contributed by atoms with van der Waals surface area (Å²) in [5.41, 5.74) is 2.47. The third kappa shape index (κ3) is 2.72. The second-order valence-electron chi connectivity index (χ2n) is 4.89. The molecule has 2 aromatic carbocycles. The van der Waals surface area contributed by atoms with Crippen LogP contribution in [0, 0.1) is 0 Å². The highest BCUT2D eigenvalue weighted by atomic mass is 79.9. The first-order chi connectivity index (χ1) is 10.2. The van der Waals surface area contributed by atoms with E-state index in [4.69, 9.17) is 0 Å². The smallest absolute Gasteiger partial charge is 0.352 e. The largest absolute Gasteiger partial charge is 0.477 e. The number of halogens is 1. The van der Waals surface area contributed by atoms with Gasteiger partial charge in [0.15, 0.2) is 0 Å². The second-order valence-corrected chi connectivity index (χ2v) is 5.74. The number of aromatic nitrogens is 1. The molecule has 106 valence electrons. The first kappa shape index (κ1) is 13.9. The maximum Gasteiger partial charge on any atom is 0.352 e. The minimum atomic E-state index is -0.890. The number of hydrogen-bond acceptors (Lipinski definition) is 1. The molecule has 1 N–H and O–H groups in total. The van der Waals surface area contributed by atoms with Crippen molar-refractivity contribution in [2.24, 2.45) is 0 Å². The number of fused-ring (bicyclic) bond motifs is 1. The Morgan fingerprint density at radius 2 is 1.81 bits per heavy atom. The van der Waals surface area contributed by atoms with Gasteiger partial charge in [0.2, 0.25) is 0 Å². The van der Waals surface area contributed by atoms with Crippen molar-refractivity contribution in [3.63, 3.8) is 0 Å². The Morgan fingerprint density at radius 3 is 2.57 bits per heavy atom. The summed E-state index contributed by atoms with van der Waals surface area (Å²) < 4.78 is 2.93. The summed E-state index contributed by atoms with van der Waals surface area (Å²) in [5.74, 6) is -0.890. The SMILES string of the molecule is O=C(O)c1cc2ccccc2n1CCc1ccccc1Br. The number of benzene rings is 2. The minimum absolute atomic E-state index is 0.336. The van der Waals surface area contributed by atoms with E-state index in [2.05, 4.69) is 22.0 Å². The number of carbonyl (C=O) groups is 1. The van der Waals surface area contributed by atoms with Crippen LogP contribution in [0.15, 0.2) is 59.1 Å². The fourth-order valence-corrected chi connectivity index (χ4v) is 3.04. The van der Waals surface area contributed by atoms with Gasteiger partial charge in [-0.3, -0.25) is 0 Å². The molecule has 0 saturated heterocycles. The lowest BCUT2D eigenvalue weighted by molar-refractivity contribution is 0.0685. The first-order valence-corrected chi connectivity index (χ1v) is 7.51.